The van der Waals surface area contributed by atoms with Crippen LogP contribution in [0.4, 0.5) is 0 Å². The van der Waals surface area contributed by atoms with E-state index in [0.29, 0.717) is 11.8 Å². The number of hydrogen-bond donors (Lipinski definition) is 0. The summed E-state index contributed by atoms with van der Waals surface area (Å²) >= 11 is 11.2. The topological polar surface area (TPSA) is 0 Å². The van der Waals surface area contributed by atoms with Gasteiger partial charge >= 0.3 is 0 Å². The zero-order chi connectivity index (χ0) is 6.73. The van der Waals surface area contributed by atoms with Crippen LogP contribution in [0.25, 0.3) is 0 Å². The molecule has 0 spiro atoms. The van der Waals surface area contributed by atoms with Crippen LogP contribution in [0.2, 0.25) is 0 Å². The molecular formula is C6H12Cl2. The Balaban J connectivity index is 3.46. The van der Waals surface area contributed by atoms with E-state index in [2.05, 4.69) is 20.8 Å². The van der Waals surface area contributed by atoms with E-state index in [4.69, 9.17) is 23.2 Å². The maximum atomic E-state index is 5.59. The largest absolute Gasteiger partial charge is 0.110 e. The van der Waals surface area contributed by atoms with Crippen LogP contribution in [0.5, 0.6) is 0 Å². The molecular weight excluding hydrogens is 143 g/mol. The summed E-state index contributed by atoms with van der Waals surface area (Å²) in [6.45, 7) is 6.28. The first-order valence-corrected chi connectivity index (χ1v) is 3.71. The van der Waals surface area contributed by atoms with Crippen molar-refractivity contribution in [2.45, 2.75) is 25.6 Å². The van der Waals surface area contributed by atoms with Crippen molar-refractivity contribution in [3.05, 3.63) is 0 Å². The van der Waals surface area contributed by atoms with E-state index in [0.717, 1.165) is 0 Å². The molecule has 0 radical (unpaired) electrons. The Morgan fingerprint density at radius 1 is 1.00 bits per heavy atom. The third-order valence-corrected chi connectivity index (χ3v) is 2.24. The fraction of sp³-hybridized carbons (Fsp3) is 1.00. The normalized spacial score (nSPS) is 15.4. The van der Waals surface area contributed by atoms with Crippen LogP contribution in [-0.4, -0.2) is 4.84 Å². The minimum Gasteiger partial charge on any atom is -0.105 e. The third kappa shape index (κ3) is 2.78. The molecule has 0 aromatic heterocycles. The lowest BCUT2D eigenvalue weighted by Crippen LogP contribution is -2.11. The molecule has 1 atom stereocenters. The monoisotopic (exact) mass is 154 g/mol. The van der Waals surface area contributed by atoms with Gasteiger partial charge < -0.3 is 0 Å². The summed E-state index contributed by atoms with van der Waals surface area (Å²) in [5, 5.41) is 0. The standard InChI is InChI=1S/C6H12Cl2/c1-4(2)5(3)6(7)8/h4-6H,1-3H3. The lowest BCUT2D eigenvalue weighted by Gasteiger charge is -2.15. The van der Waals surface area contributed by atoms with Gasteiger partial charge in [0.05, 0.1) is 0 Å². The van der Waals surface area contributed by atoms with Gasteiger partial charge in [0.2, 0.25) is 0 Å². The van der Waals surface area contributed by atoms with Gasteiger partial charge in [-0.25, -0.2) is 0 Å². The maximum absolute atomic E-state index is 5.59. The Kier molecular flexibility index (Phi) is 3.84. The van der Waals surface area contributed by atoms with Gasteiger partial charge in [-0.05, 0) is 11.8 Å². The Morgan fingerprint density at radius 2 is 1.38 bits per heavy atom. The molecule has 0 saturated carbocycles. The van der Waals surface area contributed by atoms with Crippen LogP contribution in [0.15, 0.2) is 0 Å². The van der Waals surface area contributed by atoms with Crippen molar-refractivity contribution >= 4 is 23.2 Å². The fourth-order valence-corrected chi connectivity index (χ4v) is 0.873. The predicted octanol–water partition coefficient (Wildman–Crippen LogP) is 3.08. The van der Waals surface area contributed by atoms with Crippen molar-refractivity contribution < 1.29 is 0 Å². The predicted molar refractivity (Wildman–Crippen MR) is 39.5 cm³/mol. The number of rotatable bonds is 2. The molecule has 0 nitrogen and oxygen atoms in total. The van der Waals surface area contributed by atoms with Gasteiger partial charge in [-0.1, -0.05) is 20.8 Å². The molecule has 50 valence electrons. The molecule has 0 aliphatic rings. The third-order valence-electron chi connectivity index (χ3n) is 1.45. The minimum atomic E-state index is -0.213. The molecule has 0 fully saturated rings. The fourth-order valence-electron chi connectivity index (χ4n) is 0.291. The molecule has 0 bridgehead atoms. The van der Waals surface area contributed by atoms with Gasteiger partial charge in [-0.15, -0.1) is 23.2 Å². The highest BCUT2D eigenvalue weighted by molar-refractivity contribution is 6.44. The highest BCUT2D eigenvalue weighted by Gasteiger charge is 2.13. The van der Waals surface area contributed by atoms with E-state index in [1.54, 1.807) is 0 Å². The quantitative estimate of drug-likeness (QED) is 0.537. The van der Waals surface area contributed by atoms with Crippen LogP contribution in [0.1, 0.15) is 20.8 Å². The zero-order valence-corrected chi connectivity index (χ0v) is 7.00. The molecule has 1 unspecified atom stereocenters. The Morgan fingerprint density at radius 3 is 1.38 bits per heavy atom. The minimum absolute atomic E-state index is 0.213. The van der Waals surface area contributed by atoms with Crippen LogP contribution in [0, 0.1) is 11.8 Å². The molecule has 0 amide bonds. The Bertz CT molecular complexity index is 51.5. The molecule has 2 heteroatoms. The summed E-state index contributed by atoms with van der Waals surface area (Å²) in [7, 11) is 0. The second kappa shape index (κ2) is 3.58. The second-order valence-corrected chi connectivity index (χ2v) is 3.60. The lowest BCUT2D eigenvalue weighted by atomic mass is 10.0. The highest BCUT2D eigenvalue weighted by atomic mass is 35.5. The number of alkyl halides is 2. The number of halogens is 2. The van der Waals surface area contributed by atoms with Crippen LogP contribution in [0.3, 0.4) is 0 Å². The summed E-state index contributed by atoms with van der Waals surface area (Å²) in [6, 6.07) is 0. The van der Waals surface area contributed by atoms with E-state index < -0.39 is 0 Å². The van der Waals surface area contributed by atoms with Crippen molar-refractivity contribution in [2.75, 3.05) is 0 Å². The van der Waals surface area contributed by atoms with Crippen molar-refractivity contribution in [1.82, 2.24) is 0 Å². The molecule has 0 saturated heterocycles. The Labute approximate surface area is 61.2 Å². The average molecular weight is 155 g/mol. The first-order chi connectivity index (χ1) is 3.55. The lowest BCUT2D eigenvalue weighted by molar-refractivity contribution is 0.445. The molecule has 0 aromatic rings. The molecule has 0 N–H and O–H groups in total. The molecule has 0 heterocycles. The maximum Gasteiger partial charge on any atom is 0.110 e. The number of hydrogen-bond acceptors (Lipinski definition) is 0. The first-order valence-electron chi connectivity index (χ1n) is 2.84. The van der Waals surface area contributed by atoms with Gasteiger partial charge in [0, 0.05) is 0 Å². The first kappa shape index (κ1) is 8.58. The van der Waals surface area contributed by atoms with E-state index in [1.807, 2.05) is 0 Å². The molecule has 0 aromatic carbocycles. The Hall–Kier alpha value is 0.580. The van der Waals surface area contributed by atoms with Gasteiger partial charge in [0.1, 0.15) is 4.84 Å². The van der Waals surface area contributed by atoms with E-state index >= 15 is 0 Å². The summed E-state index contributed by atoms with van der Waals surface area (Å²) in [4.78, 5) is -0.213. The summed E-state index contributed by atoms with van der Waals surface area (Å²) in [5.41, 5.74) is 0. The molecule has 8 heavy (non-hydrogen) atoms. The summed E-state index contributed by atoms with van der Waals surface area (Å²) in [5.74, 6) is 0.980. The van der Waals surface area contributed by atoms with Crippen LogP contribution in [-0.2, 0) is 0 Å². The van der Waals surface area contributed by atoms with Crippen LogP contribution >= 0.6 is 23.2 Å². The van der Waals surface area contributed by atoms with Gasteiger partial charge in [0.15, 0.2) is 0 Å². The van der Waals surface area contributed by atoms with Gasteiger partial charge in [-0.3, -0.25) is 0 Å². The summed E-state index contributed by atoms with van der Waals surface area (Å²) in [6.07, 6.45) is 0. The molecule has 0 aliphatic heterocycles. The SMILES string of the molecule is CC(C)C(C)C(Cl)Cl. The van der Waals surface area contributed by atoms with Crippen molar-refractivity contribution in [3.8, 4) is 0 Å². The molecule has 0 aliphatic carbocycles. The van der Waals surface area contributed by atoms with Crippen LogP contribution < -0.4 is 0 Å². The highest BCUT2D eigenvalue weighted by Crippen LogP contribution is 2.21. The second-order valence-electron chi connectivity index (χ2n) is 2.44. The summed E-state index contributed by atoms with van der Waals surface area (Å²) < 4.78 is 0. The van der Waals surface area contributed by atoms with Crippen molar-refractivity contribution in [2.24, 2.45) is 11.8 Å². The van der Waals surface area contributed by atoms with E-state index in [-0.39, 0.29) is 4.84 Å². The zero-order valence-electron chi connectivity index (χ0n) is 5.49. The van der Waals surface area contributed by atoms with Gasteiger partial charge in [0.25, 0.3) is 0 Å². The van der Waals surface area contributed by atoms with Crippen molar-refractivity contribution in [1.29, 1.82) is 0 Å². The van der Waals surface area contributed by atoms with E-state index in [9.17, 15) is 0 Å². The average Bonchev–Trinajstić information content (AvgIpc) is 1.64. The molecule has 0 rings (SSSR count). The smallest absolute Gasteiger partial charge is 0.105 e. The van der Waals surface area contributed by atoms with E-state index in [1.165, 1.54) is 0 Å². The van der Waals surface area contributed by atoms with Gasteiger partial charge in [-0.2, -0.15) is 0 Å². The van der Waals surface area contributed by atoms with Crippen molar-refractivity contribution in [3.63, 3.8) is 0 Å².